The summed E-state index contributed by atoms with van der Waals surface area (Å²) < 4.78 is 5.75. The van der Waals surface area contributed by atoms with Crippen molar-refractivity contribution in [3.8, 4) is 22.7 Å². The molecule has 0 aliphatic carbocycles. The van der Waals surface area contributed by atoms with Crippen LogP contribution in [0.5, 0.6) is 0 Å². The first-order chi connectivity index (χ1) is 9.92. The van der Waals surface area contributed by atoms with Gasteiger partial charge in [0.05, 0.1) is 17.4 Å². The van der Waals surface area contributed by atoms with Crippen LogP contribution in [0.3, 0.4) is 0 Å². The predicted molar refractivity (Wildman–Crippen MR) is 74.8 cm³/mol. The van der Waals surface area contributed by atoms with E-state index in [0.717, 1.165) is 22.3 Å². The van der Waals surface area contributed by atoms with Crippen molar-refractivity contribution in [1.29, 1.82) is 0 Å². The van der Waals surface area contributed by atoms with Gasteiger partial charge in [0.1, 0.15) is 12.0 Å². The van der Waals surface area contributed by atoms with Crippen LogP contribution in [0.4, 0.5) is 0 Å². The van der Waals surface area contributed by atoms with Gasteiger partial charge in [0, 0.05) is 11.8 Å². The highest BCUT2D eigenvalue weighted by Gasteiger charge is 2.14. The molecule has 4 rings (SSSR count). The standard InChI is InChI=1S/C15H10N4O/c1-2-4-10(5-3-1)13-14(18-9-17-13)12-6-11-7-16-8-19-15(11)20-12/h1-9H,(H,17,18). The van der Waals surface area contributed by atoms with E-state index in [1.54, 1.807) is 12.5 Å². The van der Waals surface area contributed by atoms with E-state index in [1.807, 2.05) is 36.4 Å². The summed E-state index contributed by atoms with van der Waals surface area (Å²) in [5.74, 6) is 0.705. The molecular weight excluding hydrogens is 252 g/mol. The average molecular weight is 262 g/mol. The van der Waals surface area contributed by atoms with Crippen molar-refractivity contribution >= 4 is 11.1 Å². The van der Waals surface area contributed by atoms with Crippen LogP contribution in [0.1, 0.15) is 0 Å². The minimum absolute atomic E-state index is 0.573. The topological polar surface area (TPSA) is 67.6 Å². The van der Waals surface area contributed by atoms with Crippen molar-refractivity contribution in [2.24, 2.45) is 0 Å². The molecule has 0 bridgehead atoms. The third kappa shape index (κ3) is 1.68. The second kappa shape index (κ2) is 4.31. The summed E-state index contributed by atoms with van der Waals surface area (Å²) in [5, 5.41) is 0.871. The van der Waals surface area contributed by atoms with Crippen molar-refractivity contribution < 1.29 is 4.42 Å². The van der Waals surface area contributed by atoms with Gasteiger partial charge < -0.3 is 9.40 Å². The molecule has 0 radical (unpaired) electrons. The maximum atomic E-state index is 5.75. The molecule has 5 nitrogen and oxygen atoms in total. The molecule has 4 aromatic rings. The van der Waals surface area contributed by atoms with Gasteiger partial charge in [-0.05, 0) is 6.07 Å². The zero-order valence-corrected chi connectivity index (χ0v) is 10.4. The van der Waals surface area contributed by atoms with Gasteiger partial charge in [0.2, 0.25) is 5.71 Å². The van der Waals surface area contributed by atoms with E-state index in [4.69, 9.17) is 4.42 Å². The number of H-pyrrole nitrogens is 1. The molecule has 0 saturated carbocycles. The van der Waals surface area contributed by atoms with E-state index < -0.39 is 0 Å². The minimum Gasteiger partial charge on any atom is -0.436 e. The largest absolute Gasteiger partial charge is 0.436 e. The summed E-state index contributed by atoms with van der Waals surface area (Å²) in [6, 6.07) is 11.9. The first-order valence-electron chi connectivity index (χ1n) is 6.20. The summed E-state index contributed by atoms with van der Waals surface area (Å²) in [5.41, 5.74) is 3.31. The highest BCUT2D eigenvalue weighted by atomic mass is 16.3. The molecule has 0 amide bonds. The van der Waals surface area contributed by atoms with Crippen LogP contribution in [-0.2, 0) is 0 Å². The molecule has 0 fully saturated rings. The van der Waals surface area contributed by atoms with Gasteiger partial charge in [-0.15, -0.1) is 0 Å². The van der Waals surface area contributed by atoms with E-state index >= 15 is 0 Å². The number of fused-ring (bicyclic) bond motifs is 1. The molecule has 3 aromatic heterocycles. The second-order valence-electron chi connectivity index (χ2n) is 4.39. The summed E-state index contributed by atoms with van der Waals surface area (Å²) in [7, 11) is 0. The third-order valence-electron chi connectivity index (χ3n) is 3.13. The Morgan fingerprint density at radius 1 is 1.05 bits per heavy atom. The molecule has 0 saturated heterocycles. The molecule has 1 aromatic carbocycles. The lowest BCUT2D eigenvalue weighted by atomic mass is 10.1. The molecule has 0 aliphatic heterocycles. The Hall–Kier alpha value is -2.95. The molecule has 0 atom stereocenters. The number of hydrogen-bond acceptors (Lipinski definition) is 4. The first kappa shape index (κ1) is 10.9. The number of nitrogens with one attached hydrogen (secondary N) is 1. The fraction of sp³-hybridized carbons (Fsp3) is 0. The highest BCUT2D eigenvalue weighted by Crippen LogP contribution is 2.31. The van der Waals surface area contributed by atoms with Gasteiger partial charge in [-0.3, -0.25) is 0 Å². The third-order valence-corrected chi connectivity index (χ3v) is 3.13. The maximum absolute atomic E-state index is 5.75. The molecule has 96 valence electrons. The molecule has 5 heteroatoms. The summed E-state index contributed by atoms with van der Waals surface area (Å²) in [6.07, 6.45) is 4.87. The quantitative estimate of drug-likeness (QED) is 0.602. The van der Waals surface area contributed by atoms with Gasteiger partial charge >= 0.3 is 0 Å². The van der Waals surface area contributed by atoms with E-state index in [0.29, 0.717) is 11.5 Å². The Balaban J connectivity index is 1.89. The fourth-order valence-electron chi connectivity index (χ4n) is 2.21. The number of aromatic amines is 1. The Kier molecular flexibility index (Phi) is 2.35. The average Bonchev–Trinajstić information content (AvgIpc) is 3.14. The number of hydrogen-bond donors (Lipinski definition) is 1. The zero-order chi connectivity index (χ0) is 13.4. The van der Waals surface area contributed by atoms with Gasteiger partial charge in [-0.2, -0.15) is 0 Å². The van der Waals surface area contributed by atoms with Crippen LogP contribution < -0.4 is 0 Å². The number of benzene rings is 1. The Morgan fingerprint density at radius 2 is 1.95 bits per heavy atom. The molecule has 1 N–H and O–H groups in total. The molecule has 20 heavy (non-hydrogen) atoms. The molecule has 0 aliphatic rings. The summed E-state index contributed by atoms with van der Waals surface area (Å²) in [6.45, 7) is 0. The number of imidazole rings is 1. The zero-order valence-electron chi connectivity index (χ0n) is 10.4. The Bertz CT molecular complexity index is 831. The minimum atomic E-state index is 0.573. The van der Waals surface area contributed by atoms with Crippen LogP contribution >= 0.6 is 0 Å². The summed E-state index contributed by atoms with van der Waals surface area (Å²) >= 11 is 0. The molecular formula is C15H10N4O. The normalized spacial score (nSPS) is 11.0. The maximum Gasteiger partial charge on any atom is 0.229 e. The lowest BCUT2D eigenvalue weighted by molar-refractivity contribution is 0.615. The number of rotatable bonds is 2. The first-order valence-corrected chi connectivity index (χ1v) is 6.20. The smallest absolute Gasteiger partial charge is 0.229 e. The van der Waals surface area contributed by atoms with Crippen molar-refractivity contribution in [3.05, 3.63) is 55.2 Å². The van der Waals surface area contributed by atoms with Crippen LogP contribution in [-0.4, -0.2) is 19.9 Å². The SMILES string of the molecule is c1ccc(-c2nc[nH]c2-c2cc3cncnc3o2)cc1. The van der Waals surface area contributed by atoms with Gasteiger partial charge in [0.15, 0.2) is 5.76 Å². The van der Waals surface area contributed by atoms with Crippen LogP contribution in [0, 0.1) is 0 Å². The van der Waals surface area contributed by atoms with E-state index in [2.05, 4.69) is 19.9 Å². The van der Waals surface area contributed by atoms with Gasteiger partial charge in [-0.25, -0.2) is 15.0 Å². The molecule has 0 spiro atoms. The van der Waals surface area contributed by atoms with Crippen molar-refractivity contribution in [1.82, 2.24) is 19.9 Å². The summed E-state index contributed by atoms with van der Waals surface area (Å²) in [4.78, 5) is 15.6. The lowest BCUT2D eigenvalue weighted by Gasteiger charge is -1.99. The van der Waals surface area contributed by atoms with E-state index in [1.165, 1.54) is 6.33 Å². The van der Waals surface area contributed by atoms with Crippen molar-refractivity contribution in [2.75, 3.05) is 0 Å². The number of aromatic nitrogens is 4. The van der Waals surface area contributed by atoms with E-state index in [-0.39, 0.29) is 0 Å². The van der Waals surface area contributed by atoms with Gasteiger partial charge in [-0.1, -0.05) is 30.3 Å². The second-order valence-corrected chi connectivity index (χ2v) is 4.39. The van der Waals surface area contributed by atoms with Crippen LogP contribution in [0.15, 0.2) is 59.7 Å². The van der Waals surface area contributed by atoms with Crippen molar-refractivity contribution in [3.63, 3.8) is 0 Å². The Labute approximate surface area is 114 Å². The highest BCUT2D eigenvalue weighted by molar-refractivity contribution is 5.83. The fourth-order valence-corrected chi connectivity index (χ4v) is 2.21. The monoisotopic (exact) mass is 262 g/mol. The molecule has 0 unspecified atom stereocenters. The number of nitrogens with zero attached hydrogens (tertiary/aromatic N) is 3. The van der Waals surface area contributed by atoms with E-state index in [9.17, 15) is 0 Å². The van der Waals surface area contributed by atoms with Crippen LogP contribution in [0.2, 0.25) is 0 Å². The van der Waals surface area contributed by atoms with Crippen molar-refractivity contribution in [2.45, 2.75) is 0 Å². The van der Waals surface area contributed by atoms with Gasteiger partial charge in [0.25, 0.3) is 0 Å². The predicted octanol–water partition coefficient (Wildman–Crippen LogP) is 3.28. The number of furan rings is 1. The lowest BCUT2D eigenvalue weighted by Crippen LogP contribution is -1.81. The Morgan fingerprint density at radius 3 is 2.80 bits per heavy atom. The molecule has 3 heterocycles. The van der Waals surface area contributed by atoms with Crippen LogP contribution in [0.25, 0.3) is 33.8 Å².